The molecule has 0 bridgehead atoms. The summed E-state index contributed by atoms with van der Waals surface area (Å²) in [6, 6.07) is 6.64. The van der Waals surface area contributed by atoms with E-state index in [0.29, 0.717) is 12.6 Å². The summed E-state index contributed by atoms with van der Waals surface area (Å²) in [6.07, 6.45) is 6.03. The van der Waals surface area contributed by atoms with Gasteiger partial charge in [0.1, 0.15) is 0 Å². The van der Waals surface area contributed by atoms with Crippen LogP contribution in [0.25, 0.3) is 0 Å². The van der Waals surface area contributed by atoms with Gasteiger partial charge in [0.15, 0.2) is 0 Å². The molecule has 2 amide bonds. The zero-order valence-electron chi connectivity index (χ0n) is 12.0. The largest absolute Gasteiger partial charge is 0.335 e. The van der Waals surface area contributed by atoms with Crippen molar-refractivity contribution < 1.29 is 4.79 Å². The Kier molecular flexibility index (Phi) is 4.83. The van der Waals surface area contributed by atoms with Gasteiger partial charge in [-0.25, -0.2) is 4.79 Å². The molecule has 0 spiro atoms. The van der Waals surface area contributed by atoms with E-state index in [1.54, 1.807) is 0 Å². The van der Waals surface area contributed by atoms with Crippen LogP contribution in [0.2, 0.25) is 0 Å². The van der Waals surface area contributed by atoms with Gasteiger partial charge in [-0.05, 0) is 43.4 Å². The maximum absolute atomic E-state index is 11.8. The number of hydrogen-bond acceptors (Lipinski definition) is 1. The van der Waals surface area contributed by atoms with Crippen molar-refractivity contribution in [1.82, 2.24) is 10.6 Å². The molecule has 19 heavy (non-hydrogen) atoms. The summed E-state index contributed by atoms with van der Waals surface area (Å²) in [7, 11) is 0. The van der Waals surface area contributed by atoms with Gasteiger partial charge in [-0.3, -0.25) is 0 Å². The predicted octanol–water partition coefficient (Wildman–Crippen LogP) is 3.44. The van der Waals surface area contributed by atoms with Gasteiger partial charge in [0.2, 0.25) is 0 Å². The molecule has 0 atom stereocenters. The highest BCUT2D eigenvalue weighted by atomic mass is 16.2. The maximum Gasteiger partial charge on any atom is 0.315 e. The maximum atomic E-state index is 11.8. The van der Waals surface area contributed by atoms with Crippen LogP contribution < -0.4 is 10.6 Å². The Labute approximate surface area is 115 Å². The molecule has 1 saturated carbocycles. The molecule has 0 aromatic heterocycles. The van der Waals surface area contributed by atoms with Crippen LogP contribution in [-0.4, -0.2) is 12.1 Å². The average molecular weight is 260 g/mol. The first kappa shape index (κ1) is 13.9. The lowest BCUT2D eigenvalue weighted by molar-refractivity contribution is 0.232. The smallest absolute Gasteiger partial charge is 0.315 e. The first-order valence-corrected chi connectivity index (χ1v) is 7.25. The van der Waals surface area contributed by atoms with Crippen molar-refractivity contribution in [3.63, 3.8) is 0 Å². The average Bonchev–Trinajstić information content (AvgIpc) is 2.41. The number of nitrogens with one attached hydrogen (secondary N) is 2. The van der Waals surface area contributed by atoms with Crippen LogP contribution in [-0.2, 0) is 6.54 Å². The molecule has 1 fully saturated rings. The lowest BCUT2D eigenvalue weighted by Gasteiger charge is -2.22. The van der Waals surface area contributed by atoms with E-state index >= 15 is 0 Å². The van der Waals surface area contributed by atoms with Gasteiger partial charge in [-0.15, -0.1) is 0 Å². The molecular formula is C16H24N2O. The van der Waals surface area contributed by atoms with E-state index in [1.807, 2.05) is 0 Å². The Balaban J connectivity index is 1.77. The van der Waals surface area contributed by atoms with Crippen molar-refractivity contribution in [1.29, 1.82) is 0 Å². The number of benzene rings is 1. The third-order valence-electron chi connectivity index (χ3n) is 3.96. The van der Waals surface area contributed by atoms with Crippen LogP contribution in [0.3, 0.4) is 0 Å². The Bertz CT molecular complexity index is 436. The third kappa shape index (κ3) is 4.27. The Hall–Kier alpha value is -1.51. The number of amides is 2. The number of rotatable bonds is 3. The fraction of sp³-hybridized carbons (Fsp3) is 0.562. The second-order valence-corrected chi connectivity index (χ2v) is 5.58. The molecule has 0 heterocycles. The fourth-order valence-electron chi connectivity index (χ4n) is 2.58. The zero-order valence-corrected chi connectivity index (χ0v) is 12.0. The molecule has 2 rings (SSSR count). The Morgan fingerprint density at radius 2 is 1.89 bits per heavy atom. The van der Waals surface area contributed by atoms with Gasteiger partial charge in [0.25, 0.3) is 0 Å². The van der Waals surface area contributed by atoms with Crippen molar-refractivity contribution in [2.45, 2.75) is 58.5 Å². The minimum absolute atomic E-state index is 0.0369. The standard InChI is InChI=1S/C16H24N2O/c1-12-8-9-14(10-13(12)2)11-17-16(19)18-15-6-4-3-5-7-15/h8-10,15H,3-7,11H2,1-2H3,(H2,17,18,19). The molecule has 1 aromatic carbocycles. The minimum Gasteiger partial charge on any atom is -0.335 e. The lowest BCUT2D eigenvalue weighted by Crippen LogP contribution is -2.42. The van der Waals surface area contributed by atoms with E-state index in [1.165, 1.54) is 30.4 Å². The van der Waals surface area contributed by atoms with Gasteiger partial charge in [0.05, 0.1) is 0 Å². The summed E-state index contributed by atoms with van der Waals surface area (Å²) >= 11 is 0. The van der Waals surface area contributed by atoms with Crippen LogP contribution in [0.4, 0.5) is 4.79 Å². The van der Waals surface area contributed by atoms with Crippen LogP contribution in [0.5, 0.6) is 0 Å². The SMILES string of the molecule is Cc1ccc(CNC(=O)NC2CCCCC2)cc1C. The van der Waals surface area contributed by atoms with Gasteiger partial charge >= 0.3 is 6.03 Å². The van der Waals surface area contributed by atoms with Gasteiger partial charge in [-0.2, -0.15) is 0 Å². The van der Waals surface area contributed by atoms with Crippen molar-refractivity contribution >= 4 is 6.03 Å². The molecule has 1 aromatic rings. The summed E-state index contributed by atoms with van der Waals surface area (Å²) in [5.74, 6) is 0. The highest BCUT2D eigenvalue weighted by Crippen LogP contribution is 2.17. The van der Waals surface area contributed by atoms with E-state index in [9.17, 15) is 4.79 Å². The van der Waals surface area contributed by atoms with E-state index in [2.05, 4.69) is 42.7 Å². The van der Waals surface area contributed by atoms with E-state index in [4.69, 9.17) is 0 Å². The molecule has 1 aliphatic carbocycles. The van der Waals surface area contributed by atoms with Gasteiger partial charge in [0, 0.05) is 12.6 Å². The van der Waals surface area contributed by atoms with Crippen LogP contribution in [0.15, 0.2) is 18.2 Å². The number of hydrogen-bond donors (Lipinski definition) is 2. The zero-order chi connectivity index (χ0) is 13.7. The third-order valence-corrected chi connectivity index (χ3v) is 3.96. The molecule has 3 nitrogen and oxygen atoms in total. The van der Waals surface area contributed by atoms with Crippen LogP contribution in [0, 0.1) is 13.8 Å². The van der Waals surface area contributed by atoms with Crippen molar-refractivity contribution in [2.75, 3.05) is 0 Å². The molecular weight excluding hydrogens is 236 g/mol. The summed E-state index contributed by atoms with van der Waals surface area (Å²) < 4.78 is 0. The lowest BCUT2D eigenvalue weighted by atomic mass is 9.96. The molecule has 1 aliphatic rings. The summed E-state index contributed by atoms with van der Waals surface area (Å²) in [5, 5.41) is 6.01. The highest BCUT2D eigenvalue weighted by Gasteiger charge is 2.15. The summed E-state index contributed by atoms with van der Waals surface area (Å²) in [5.41, 5.74) is 3.71. The molecule has 3 heteroatoms. The Morgan fingerprint density at radius 1 is 1.16 bits per heavy atom. The first-order chi connectivity index (χ1) is 9.15. The number of aryl methyl sites for hydroxylation is 2. The first-order valence-electron chi connectivity index (χ1n) is 7.25. The molecule has 0 saturated heterocycles. The van der Waals surface area contributed by atoms with E-state index < -0.39 is 0 Å². The molecule has 0 aliphatic heterocycles. The van der Waals surface area contributed by atoms with Crippen molar-refractivity contribution in [2.24, 2.45) is 0 Å². The fourth-order valence-corrected chi connectivity index (χ4v) is 2.58. The second kappa shape index (κ2) is 6.60. The topological polar surface area (TPSA) is 41.1 Å². The van der Waals surface area contributed by atoms with E-state index in [0.717, 1.165) is 18.4 Å². The number of urea groups is 1. The van der Waals surface area contributed by atoms with Crippen LogP contribution >= 0.6 is 0 Å². The van der Waals surface area contributed by atoms with Crippen molar-refractivity contribution in [3.05, 3.63) is 34.9 Å². The van der Waals surface area contributed by atoms with Crippen LogP contribution in [0.1, 0.15) is 48.8 Å². The van der Waals surface area contributed by atoms with Gasteiger partial charge < -0.3 is 10.6 Å². The number of carbonyl (C=O) groups excluding carboxylic acids is 1. The predicted molar refractivity (Wildman–Crippen MR) is 78.2 cm³/mol. The molecule has 0 unspecified atom stereocenters. The van der Waals surface area contributed by atoms with Crippen molar-refractivity contribution in [3.8, 4) is 0 Å². The van der Waals surface area contributed by atoms with Gasteiger partial charge in [-0.1, -0.05) is 37.5 Å². The highest BCUT2D eigenvalue weighted by molar-refractivity contribution is 5.74. The summed E-state index contributed by atoms with van der Waals surface area (Å²) in [4.78, 5) is 11.8. The molecule has 2 N–H and O–H groups in total. The number of carbonyl (C=O) groups is 1. The normalized spacial score (nSPS) is 16.1. The van der Waals surface area contributed by atoms with E-state index in [-0.39, 0.29) is 6.03 Å². The Morgan fingerprint density at radius 3 is 2.58 bits per heavy atom. The molecule has 104 valence electrons. The monoisotopic (exact) mass is 260 g/mol. The quantitative estimate of drug-likeness (QED) is 0.859. The molecule has 0 radical (unpaired) electrons. The summed E-state index contributed by atoms with van der Waals surface area (Å²) in [6.45, 7) is 4.79. The second-order valence-electron chi connectivity index (χ2n) is 5.58. The minimum atomic E-state index is -0.0369.